The van der Waals surface area contributed by atoms with Crippen molar-refractivity contribution in [2.45, 2.75) is 12.8 Å². The molecule has 4 heteroatoms. The molecule has 0 spiro atoms. The Labute approximate surface area is 154 Å². The monoisotopic (exact) mass is 368 g/mol. The van der Waals surface area contributed by atoms with Gasteiger partial charge in [0.2, 0.25) is 0 Å². The third kappa shape index (κ3) is 3.21. The van der Waals surface area contributed by atoms with E-state index >= 15 is 0 Å². The molecule has 0 amide bonds. The molecule has 1 radical (unpaired) electrons. The minimum absolute atomic E-state index is 0. The normalized spacial score (nSPS) is 21.5. The van der Waals surface area contributed by atoms with Crippen LogP contribution in [0.3, 0.4) is 0 Å². The number of pyridine rings is 1. The Hall–Kier alpha value is -0.908. The van der Waals surface area contributed by atoms with E-state index in [1.54, 1.807) is 5.92 Å². The topological polar surface area (TPSA) is 12.9 Å². The molecular weight excluding hydrogens is 353 g/mol. The van der Waals surface area contributed by atoms with Crippen LogP contribution < -0.4 is 24.8 Å². The Morgan fingerprint density at radius 1 is 1.00 bits per heavy atom. The molecule has 0 N–H and O–H groups in total. The van der Waals surface area contributed by atoms with E-state index in [4.69, 9.17) is 0 Å². The molecule has 1 aromatic carbocycles. The molecule has 22 heavy (non-hydrogen) atoms. The number of halogens is 2. The van der Waals surface area contributed by atoms with Gasteiger partial charge in [0.25, 0.3) is 0 Å². The van der Waals surface area contributed by atoms with Crippen LogP contribution >= 0.6 is 0 Å². The third-order valence-electron chi connectivity index (χ3n) is 4.38. The van der Waals surface area contributed by atoms with Gasteiger partial charge in [-0.2, -0.15) is 17.5 Å². The number of benzene rings is 1. The summed E-state index contributed by atoms with van der Waals surface area (Å²) in [5, 5.41) is 1.24. The minimum atomic E-state index is 0. The van der Waals surface area contributed by atoms with Gasteiger partial charge < -0.3 is 29.8 Å². The van der Waals surface area contributed by atoms with Crippen LogP contribution in [0, 0.1) is 17.8 Å². The zero-order valence-corrected chi connectivity index (χ0v) is 14.7. The molecule has 2 unspecified atom stereocenters. The molecular formula is C18H16Cl2CrN. The van der Waals surface area contributed by atoms with Crippen LogP contribution in [0.2, 0.25) is 0 Å². The first kappa shape index (κ1) is 19.1. The second kappa shape index (κ2) is 8.09. The van der Waals surface area contributed by atoms with Gasteiger partial charge in [-0.1, -0.05) is 54.7 Å². The summed E-state index contributed by atoms with van der Waals surface area (Å²) in [6, 6.07) is 10.7. The molecule has 0 aliphatic heterocycles. The standard InChI is InChI=1S/C18H16N.2ClH.Cr/c1-2-8-15-13(5-1)10-11-16(15)17-9-3-6-14-7-4-12-19-18(14)17;;;/h1-9,12-13,15H,10-11H2;2*1H;/q-1;;;+3/p-2. The van der Waals surface area contributed by atoms with Gasteiger partial charge in [-0.25, -0.2) is 0 Å². The predicted octanol–water partition coefficient (Wildman–Crippen LogP) is -1.68. The summed E-state index contributed by atoms with van der Waals surface area (Å²) in [4.78, 5) is 4.60. The van der Waals surface area contributed by atoms with Gasteiger partial charge in [0.15, 0.2) is 0 Å². The quantitative estimate of drug-likeness (QED) is 0.548. The van der Waals surface area contributed by atoms with Crippen molar-refractivity contribution in [1.82, 2.24) is 4.98 Å². The van der Waals surface area contributed by atoms with E-state index in [0.29, 0.717) is 11.8 Å². The molecule has 2 aliphatic rings. The summed E-state index contributed by atoms with van der Waals surface area (Å²) >= 11 is 0. The van der Waals surface area contributed by atoms with E-state index in [1.807, 2.05) is 12.3 Å². The van der Waals surface area contributed by atoms with Crippen LogP contribution in [0.1, 0.15) is 18.4 Å². The Morgan fingerprint density at radius 2 is 1.77 bits per heavy atom. The number of rotatable bonds is 1. The van der Waals surface area contributed by atoms with Gasteiger partial charge in [0.05, 0.1) is 0 Å². The maximum Gasteiger partial charge on any atom is 3.00 e. The summed E-state index contributed by atoms with van der Waals surface area (Å²) in [5.74, 6) is 2.84. The van der Waals surface area contributed by atoms with Crippen LogP contribution in [0.15, 0.2) is 60.8 Å². The van der Waals surface area contributed by atoms with Gasteiger partial charge in [0.1, 0.15) is 0 Å². The van der Waals surface area contributed by atoms with Crippen molar-refractivity contribution in [3.05, 3.63) is 72.3 Å². The van der Waals surface area contributed by atoms with Gasteiger partial charge >= 0.3 is 17.4 Å². The van der Waals surface area contributed by atoms with Crippen molar-refractivity contribution < 1.29 is 42.2 Å². The molecule has 1 fully saturated rings. The Bertz CT molecular complexity index is 678. The Kier molecular flexibility index (Phi) is 7.04. The predicted molar refractivity (Wildman–Crippen MR) is 78.6 cm³/mol. The van der Waals surface area contributed by atoms with Gasteiger partial charge in [-0.15, -0.1) is 6.07 Å². The number of allylic oxidation sites excluding steroid dienone is 4. The molecule has 1 saturated carbocycles. The van der Waals surface area contributed by atoms with E-state index in [-0.39, 0.29) is 42.2 Å². The summed E-state index contributed by atoms with van der Waals surface area (Å²) < 4.78 is 0. The fourth-order valence-corrected chi connectivity index (χ4v) is 3.47. The van der Waals surface area contributed by atoms with E-state index < -0.39 is 0 Å². The average Bonchev–Trinajstić information content (AvgIpc) is 2.90. The van der Waals surface area contributed by atoms with Crippen molar-refractivity contribution >= 4 is 10.9 Å². The molecule has 2 aromatic rings. The van der Waals surface area contributed by atoms with E-state index in [1.165, 1.54) is 23.8 Å². The zero-order valence-electron chi connectivity index (χ0n) is 12.0. The van der Waals surface area contributed by atoms with Crippen molar-refractivity contribution in [3.8, 4) is 0 Å². The maximum atomic E-state index is 4.60. The van der Waals surface area contributed by atoms with Gasteiger partial charge in [0, 0.05) is 6.20 Å². The summed E-state index contributed by atoms with van der Waals surface area (Å²) in [5.41, 5.74) is 2.51. The maximum absolute atomic E-state index is 4.60. The van der Waals surface area contributed by atoms with Crippen molar-refractivity contribution in [3.63, 3.8) is 0 Å². The van der Waals surface area contributed by atoms with Crippen LogP contribution in [-0.4, -0.2) is 4.98 Å². The molecule has 1 aromatic heterocycles. The fraction of sp³-hybridized carbons (Fsp3) is 0.222. The number of nitrogens with zero attached hydrogens (tertiary/aromatic N) is 1. The van der Waals surface area contributed by atoms with Crippen LogP contribution in [0.5, 0.6) is 0 Å². The van der Waals surface area contributed by atoms with Gasteiger partial charge in [-0.05, 0) is 23.4 Å². The van der Waals surface area contributed by atoms with E-state index in [0.717, 1.165) is 5.52 Å². The Balaban J connectivity index is 0.000000807. The molecule has 2 atom stereocenters. The SMILES string of the molecule is C1=CC2CC[C-](c3cccc4cccnc34)C2C=C1.[Cl-].[Cl-].[Cr+3]. The van der Waals surface area contributed by atoms with Crippen molar-refractivity contribution in [2.24, 2.45) is 11.8 Å². The summed E-state index contributed by atoms with van der Waals surface area (Å²) in [7, 11) is 0. The summed E-state index contributed by atoms with van der Waals surface area (Å²) in [6.45, 7) is 0. The number of hydrogen-bond donors (Lipinski definition) is 0. The number of para-hydroxylation sites is 1. The molecule has 1 nitrogen and oxygen atoms in total. The van der Waals surface area contributed by atoms with Gasteiger partial charge in [-0.3, -0.25) is 0 Å². The zero-order chi connectivity index (χ0) is 12.7. The number of aromatic nitrogens is 1. The average molecular weight is 369 g/mol. The molecule has 1 heterocycles. The smallest absolute Gasteiger partial charge is 1.00 e. The largest absolute Gasteiger partial charge is 3.00 e. The molecule has 0 saturated heterocycles. The minimum Gasteiger partial charge on any atom is -1.00 e. The molecule has 4 rings (SSSR count). The van der Waals surface area contributed by atoms with Crippen LogP contribution in [-0.2, 0) is 17.4 Å². The first-order chi connectivity index (χ1) is 9.43. The third-order valence-corrected chi connectivity index (χ3v) is 4.38. The second-order valence-corrected chi connectivity index (χ2v) is 5.40. The van der Waals surface area contributed by atoms with Crippen LogP contribution in [0.25, 0.3) is 10.9 Å². The first-order valence-corrected chi connectivity index (χ1v) is 6.98. The second-order valence-electron chi connectivity index (χ2n) is 5.40. The molecule has 0 bridgehead atoms. The number of hydrogen-bond acceptors (Lipinski definition) is 1. The Morgan fingerprint density at radius 3 is 2.64 bits per heavy atom. The number of fused-ring (bicyclic) bond motifs is 2. The van der Waals surface area contributed by atoms with E-state index in [2.05, 4.69) is 53.6 Å². The van der Waals surface area contributed by atoms with E-state index in [9.17, 15) is 0 Å². The first-order valence-electron chi connectivity index (χ1n) is 6.98. The summed E-state index contributed by atoms with van der Waals surface area (Å²) in [6.07, 6.45) is 13.4. The molecule has 113 valence electrons. The van der Waals surface area contributed by atoms with Crippen LogP contribution in [0.4, 0.5) is 0 Å². The molecule has 2 aliphatic carbocycles. The van der Waals surface area contributed by atoms with Crippen molar-refractivity contribution in [1.29, 1.82) is 0 Å². The van der Waals surface area contributed by atoms with Crippen molar-refractivity contribution in [2.75, 3.05) is 0 Å². The fourth-order valence-electron chi connectivity index (χ4n) is 3.47.